The second-order valence-electron chi connectivity index (χ2n) is 6.16. The van der Waals surface area contributed by atoms with Crippen LogP contribution in [0.1, 0.15) is 22.8 Å². The number of benzene rings is 2. The smallest absolute Gasteiger partial charge is 0.255 e. The largest absolute Gasteiger partial charge is 0.322 e. The van der Waals surface area contributed by atoms with E-state index in [2.05, 4.69) is 5.32 Å². The molecule has 1 unspecified atom stereocenters. The maximum atomic E-state index is 12.4. The van der Waals surface area contributed by atoms with Crippen LogP contribution in [0.4, 0.5) is 11.4 Å². The lowest BCUT2D eigenvalue weighted by molar-refractivity contribution is -0.119. The number of nitrogens with zero attached hydrogens (tertiary/aromatic N) is 1. The van der Waals surface area contributed by atoms with Crippen LogP contribution in [0.2, 0.25) is 0 Å². The molecule has 2 amide bonds. The summed E-state index contributed by atoms with van der Waals surface area (Å²) in [5, 5.41) is 2.77. The minimum Gasteiger partial charge on any atom is -0.322 e. The van der Waals surface area contributed by atoms with E-state index in [-0.39, 0.29) is 22.9 Å². The van der Waals surface area contributed by atoms with E-state index in [1.165, 1.54) is 12.1 Å². The van der Waals surface area contributed by atoms with Crippen LogP contribution in [0, 0.1) is 12.8 Å². The molecule has 1 fully saturated rings. The van der Waals surface area contributed by atoms with Crippen LogP contribution in [0.25, 0.3) is 0 Å². The first-order valence-corrected chi connectivity index (χ1v) is 9.44. The van der Waals surface area contributed by atoms with Crippen molar-refractivity contribution < 1.29 is 18.0 Å². The van der Waals surface area contributed by atoms with Crippen LogP contribution < -0.4 is 9.62 Å². The Labute approximate surface area is 146 Å². The molecule has 0 bridgehead atoms. The number of amides is 2. The van der Waals surface area contributed by atoms with Gasteiger partial charge in [-0.3, -0.25) is 9.59 Å². The molecule has 2 aromatic rings. The third-order valence-electron chi connectivity index (χ3n) is 3.98. The minimum atomic E-state index is -3.69. The lowest BCUT2D eigenvalue weighted by Crippen LogP contribution is -2.30. The Balaban J connectivity index is 1.89. The predicted molar refractivity (Wildman–Crippen MR) is 96.0 cm³/mol. The Bertz CT molecular complexity index is 953. The van der Waals surface area contributed by atoms with Gasteiger partial charge in [0.2, 0.25) is 15.9 Å². The van der Waals surface area contributed by atoms with E-state index in [4.69, 9.17) is 0 Å². The van der Waals surface area contributed by atoms with Crippen molar-refractivity contribution in [2.24, 2.45) is 5.92 Å². The van der Waals surface area contributed by atoms with E-state index in [1.54, 1.807) is 25.1 Å². The summed E-state index contributed by atoms with van der Waals surface area (Å²) in [6.45, 7) is 3.50. The van der Waals surface area contributed by atoms with Crippen molar-refractivity contribution >= 4 is 33.2 Å². The van der Waals surface area contributed by atoms with E-state index < -0.39 is 21.8 Å². The van der Waals surface area contributed by atoms with Crippen molar-refractivity contribution in [3.05, 3.63) is 59.7 Å². The fourth-order valence-corrected chi connectivity index (χ4v) is 4.60. The highest BCUT2D eigenvalue weighted by molar-refractivity contribution is 7.94. The van der Waals surface area contributed by atoms with E-state index in [1.807, 2.05) is 25.1 Å². The van der Waals surface area contributed by atoms with Crippen molar-refractivity contribution in [2.45, 2.75) is 13.8 Å². The zero-order valence-electron chi connectivity index (χ0n) is 13.9. The third kappa shape index (κ3) is 3.41. The van der Waals surface area contributed by atoms with Crippen LogP contribution in [0.15, 0.2) is 48.5 Å². The minimum absolute atomic E-state index is 0.186. The fraction of sp³-hybridized carbons (Fsp3) is 0.222. The van der Waals surface area contributed by atoms with E-state index in [0.29, 0.717) is 5.69 Å². The molecule has 130 valence electrons. The lowest BCUT2D eigenvalue weighted by atomic mass is 10.1. The van der Waals surface area contributed by atoms with Gasteiger partial charge in [-0.25, -0.2) is 12.7 Å². The highest BCUT2D eigenvalue weighted by Crippen LogP contribution is 2.29. The zero-order valence-corrected chi connectivity index (χ0v) is 14.7. The van der Waals surface area contributed by atoms with Gasteiger partial charge in [0.25, 0.3) is 5.91 Å². The number of carbonyl (C=O) groups excluding carboxylic acids is 2. The molecule has 2 aromatic carbocycles. The van der Waals surface area contributed by atoms with Crippen LogP contribution in [-0.2, 0) is 14.8 Å². The summed E-state index contributed by atoms with van der Waals surface area (Å²) in [6.07, 6.45) is 0. The molecule has 1 N–H and O–H groups in total. The zero-order chi connectivity index (χ0) is 18.2. The number of sulfonamides is 1. The molecule has 1 atom stereocenters. The molecule has 1 aliphatic rings. The van der Waals surface area contributed by atoms with Gasteiger partial charge in [0.15, 0.2) is 0 Å². The van der Waals surface area contributed by atoms with Crippen LogP contribution >= 0.6 is 0 Å². The van der Waals surface area contributed by atoms with Gasteiger partial charge in [0.1, 0.15) is 0 Å². The van der Waals surface area contributed by atoms with Gasteiger partial charge < -0.3 is 5.32 Å². The molecule has 1 aliphatic heterocycles. The van der Waals surface area contributed by atoms with Crippen molar-refractivity contribution in [3.63, 3.8) is 0 Å². The topological polar surface area (TPSA) is 83.6 Å². The molecule has 0 aliphatic carbocycles. The van der Waals surface area contributed by atoms with Crippen LogP contribution in [0.3, 0.4) is 0 Å². The van der Waals surface area contributed by atoms with E-state index in [0.717, 1.165) is 9.87 Å². The molecule has 0 aromatic heterocycles. The van der Waals surface area contributed by atoms with Gasteiger partial charge >= 0.3 is 0 Å². The molecule has 6 nitrogen and oxygen atoms in total. The van der Waals surface area contributed by atoms with Crippen LogP contribution in [0.5, 0.6) is 0 Å². The Hall–Kier alpha value is -2.67. The van der Waals surface area contributed by atoms with Crippen molar-refractivity contribution in [3.8, 4) is 0 Å². The maximum Gasteiger partial charge on any atom is 0.255 e. The normalized spacial score (nSPS) is 19.0. The Morgan fingerprint density at radius 2 is 1.88 bits per heavy atom. The molecular weight excluding hydrogens is 340 g/mol. The monoisotopic (exact) mass is 358 g/mol. The van der Waals surface area contributed by atoms with Gasteiger partial charge in [0.05, 0.1) is 17.4 Å². The number of hydrogen-bond donors (Lipinski definition) is 1. The summed E-state index contributed by atoms with van der Waals surface area (Å²) in [5.41, 5.74) is 2.12. The molecule has 3 rings (SSSR count). The van der Waals surface area contributed by atoms with Gasteiger partial charge in [-0.1, -0.05) is 25.1 Å². The number of anilines is 2. The molecule has 25 heavy (non-hydrogen) atoms. The third-order valence-corrected chi connectivity index (χ3v) is 5.85. The standard InChI is InChI=1S/C18H18N2O4S/c1-12-5-3-7-15(9-12)19-17(21)14-6-4-8-16(10-14)20-18(22)13(2)11-25(20,23)24/h3-10,13H,11H2,1-2H3,(H,19,21). The Morgan fingerprint density at radius 1 is 1.16 bits per heavy atom. The first kappa shape index (κ1) is 17.2. The Kier molecular flexibility index (Phi) is 4.34. The average Bonchev–Trinajstić information content (AvgIpc) is 2.75. The molecule has 7 heteroatoms. The summed E-state index contributed by atoms with van der Waals surface area (Å²) in [5.74, 6) is -1.65. The Morgan fingerprint density at radius 3 is 2.52 bits per heavy atom. The fourth-order valence-electron chi connectivity index (χ4n) is 2.79. The summed E-state index contributed by atoms with van der Waals surface area (Å²) in [7, 11) is -3.69. The number of rotatable bonds is 3. The van der Waals surface area contributed by atoms with Crippen LogP contribution in [-0.4, -0.2) is 26.0 Å². The van der Waals surface area contributed by atoms with Gasteiger partial charge in [-0.15, -0.1) is 0 Å². The van der Waals surface area contributed by atoms with E-state index >= 15 is 0 Å². The quantitative estimate of drug-likeness (QED) is 0.914. The molecule has 1 saturated heterocycles. The molecule has 1 heterocycles. The number of nitrogens with one attached hydrogen (secondary N) is 1. The highest BCUT2D eigenvalue weighted by Gasteiger charge is 2.42. The second kappa shape index (κ2) is 6.33. The highest BCUT2D eigenvalue weighted by atomic mass is 32.2. The second-order valence-corrected chi connectivity index (χ2v) is 8.02. The van der Waals surface area contributed by atoms with Crippen molar-refractivity contribution in [2.75, 3.05) is 15.4 Å². The van der Waals surface area contributed by atoms with Crippen molar-refractivity contribution in [1.82, 2.24) is 0 Å². The maximum absolute atomic E-state index is 12.4. The first-order valence-electron chi connectivity index (χ1n) is 7.83. The number of carbonyl (C=O) groups is 2. The van der Waals surface area contributed by atoms with E-state index in [9.17, 15) is 18.0 Å². The lowest BCUT2D eigenvalue weighted by Gasteiger charge is -2.16. The predicted octanol–water partition coefficient (Wildman–Crippen LogP) is 2.56. The molecule has 0 spiro atoms. The van der Waals surface area contributed by atoms with Crippen molar-refractivity contribution in [1.29, 1.82) is 0 Å². The summed E-state index contributed by atoms with van der Waals surface area (Å²) < 4.78 is 25.2. The summed E-state index contributed by atoms with van der Waals surface area (Å²) in [4.78, 5) is 24.6. The molecule has 0 saturated carbocycles. The van der Waals surface area contributed by atoms with Gasteiger partial charge in [-0.05, 0) is 42.8 Å². The van der Waals surface area contributed by atoms with Gasteiger partial charge in [0, 0.05) is 11.3 Å². The summed E-state index contributed by atoms with van der Waals surface area (Å²) >= 11 is 0. The average molecular weight is 358 g/mol. The summed E-state index contributed by atoms with van der Waals surface area (Å²) in [6, 6.07) is 13.4. The first-order chi connectivity index (χ1) is 11.8. The number of hydrogen-bond acceptors (Lipinski definition) is 4. The molecular formula is C18H18N2O4S. The van der Waals surface area contributed by atoms with Gasteiger partial charge in [-0.2, -0.15) is 0 Å². The number of aryl methyl sites for hydroxylation is 1. The SMILES string of the molecule is Cc1cccc(NC(=O)c2cccc(N3C(=O)C(C)CS3(=O)=O)c2)c1. The molecule has 0 radical (unpaired) electrons.